The predicted molar refractivity (Wildman–Crippen MR) is 143 cm³/mol. The van der Waals surface area contributed by atoms with E-state index in [0.717, 1.165) is 12.0 Å². The fourth-order valence-electron chi connectivity index (χ4n) is 5.34. The van der Waals surface area contributed by atoms with E-state index in [1.165, 1.54) is 18.6 Å². The molecule has 2 bridgehead atoms. The van der Waals surface area contributed by atoms with Crippen molar-refractivity contribution in [2.45, 2.75) is 76.3 Å². The average Bonchev–Trinajstić information content (AvgIpc) is 2.92. The molecule has 1 aromatic carbocycles. The Labute approximate surface area is 229 Å². The first kappa shape index (κ1) is 28.4. The highest BCUT2D eigenvalue weighted by Gasteiger charge is 2.48. The first-order chi connectivity index (χ1) is 18.7. The Balaban J connectivity index is 1.56. The van der Waals surface area contributed by atoms with Crippen molar-refractivity contribution < 1.29 is 28.5 Å². The van der Waals surface area contributed by atoms with Crippen molar-refractivity contribution in [1.82, 2.24) is 20.2 Å². The normalized spacial score (nSPS) is 21.3. The lowest BCUT2D eigenvalue weighted by atomic mass is 9.64. The highest BCUT2D eigenvalue weighted by atomic mass is 16.6. The molecule has 11 heteroatoms. The van der Waals surface area contributed by atoms with Gasteiger partial charge in [0, 0.05) is 24.6 Å². The SMILES string of the molecule is CC(C)C[C@H](CC(=O)[C@H](Cc1ccccc1)NC(=O)c1cnccn1)B1OC(=O)[C@H]2CCC[C@@H](C(=O)O1)N2C. The summed E-state index contributed by atoms with van der Waals surface area (Å²) >= 11 is 0. The van der Waals surface area contributed by atoms with Crippen LogP contribution in [0.2, 0.25) is 5.82 Å². The minimum absolute atomic E-state index is 0.0488. The summed E-state index contributed by atoms with van der Waals surface area (Å²) in [4.78, 5) is 62.5. The molecule has 2 saturated heterocycles. The maximum Gasteiger partial charge on any atom is 0.602 e. The van der Waals surface area contributed by atoms with E-state index in [1.54, 1.807) is 11.9 Å². The number of piperidine rings is 1. The fraction of sp³-hybridized carbons (Fsp3) is 0.500. The number of nitrogens with one attached hydrogen (secondary N) is 1. The largest absolute Gasteiger partial charge is 0.602 e. The monoisotopic (exact) mass is 534 g/mol. The maximum absolute atomic E-state index is 13.8. The number of nitrogens with zero attached hydrogens (tertiary/aromatic N) is 3. The Morgan fingerprint density at radius 3 is 2.33 bits per heavy atom. The first-order valence-electron chi connectivity index (χ1n) is 13.5. The van der Waals surface area contributed by atoms with Crippen LogP contribution in [0.25, 0.3) is 0 Å². The van der Waals surface area contributed by atoms with Crippen molar-refractivity contribution in [3.63, 3.8) is 0 Å². The van der Waals surface area contributed by atoms with Crippen LogP contribution in [0.3, 0.4) is 0 Å². The van der Waals surface area contributed by atoms with Gasteiger partial charge in [0.1, 0.15) is 17.8 Å². The zero-order valence-electron chi connectivity index (χ0n) is 22.6. The van der Waals surface area contributed by atoms with Crippen LogP contribution in [0.5, 0.6) is 0 Å². The van der Waals surface area contributed by atoms with Gasteiger partial charge in [0.25, 0.3) is 5.91 Å². The van der Waals surface area contributed by atoms with Crippen molar-refractivity contribution in [2.24, 2.45) is 5.92 Å². The van der Waals surface area contributed by atoms with Crippen molar-refractivity contribution >= 4 is 30.7 Å². The van der Waals surface area contributed by atoms with Gasteiger partial charge in [0.2, 0.25) is 0 Å². The smallest absolute Gasteiger partial charge is 0.498 e. The first-order valence-corrected chi connectivity index (χ1v) is 13.5. The van der Waals surface area contributed by atoms with Crippen LogP contribution >= 0.6 is 0 Å². The number of carbonyl (C=O) groups excluding carboxylic acids is 4. The van der Waals surface area contributed by atoms with Gasteiger partial charge in [-0.1, -0.05) is 44.2 Å². The molecule has 1 amide bonds. The second-order valence-corrected chi connectivity index (χ2v) is 10.7. The van der Waals surface area contributed by atoms with Crippen molar-refractivity contribution in [2.75, 3.05) is 7.05 Å². The third kappa shape index (κ3) is 7.29. The predicted octanol–water partition coefficient (Wildman–Crippen LogP) is 2.63. The number of carbonyl (C=O) groups is 4. The van der Waals surface area contributed by atoms with Gasteiger partial charge < -0.3 is 14.6 Å². The lowest BCUT2D eigenvalue weighted by Crippen LogP contribution is -2.57. The summed E-state index contributed by atoms with van der Waals surface area (Å²) < 4.78 is 11.5. The number of hydrogen-bond acceptors (Lipinski definition) is 9. The molecule has 3 heterocycles. The molecule has 0 spiro atoms. The molecular weight excluding hydrogens is 499 g/mol. The number of hydrogen-bond donors (Lipinski definition) is 1. The lowest BCUT2D eigenvalue weighted by molar-refractivity contribution is -0.157. The number of rotatable bonds is 10. The van der Waals surface area contributed by atoms with Gasteiger partial charge in [-0.25, -0.2) is 4.98 Å². The minimum Gasteiger partial charge on any atom is -0.498 e. The van der Waals surface area contributed by atoms with Gasteiger partial charge in [-0.3, -0.25) is 29.1 Å². The van der Waals surface area contributed by atoms with Crippen LogP contribution in [0.15, 0.2) is 48.9 Å². The molecule has 4 rings (SSSR count). The van der Waals surface area contributed by atoms with E-state index in [9.17, 15) is 19.2 Å². The number of fused-ring (bicyclic) bond motifs is 2. The van der Waals surface area contributed by atoms with Crippen molar-refractivity contribution in [3.8, 4) is 0 Å². The van der Waals surface area contributed by atoms with E-state index in [-0.39, 0.29) is 30.2 Å². The zero-order valence-corrected chi connectivity index (χ0v) is 22.6. The molecule has 4 atom stereocenters. The summed E-state index contributed by atoms with van der Waals surface area (Å²) in [5.41, 5.74) is 0.969. The Bertz CT molecular complexity index is 1140. The van der Waals surface area contributed by atoms with Gasteiger partial charge in [0.15, 0.2) is 5.78 Å². The van der Waals surface area contributed by atoms with Gasteiger partial charge in [-0.05, 0) is 50.6 Å². The van der Waals surface area contributed by atoms with Crippen LogP contribution in [0.1, 0.15) is 62.0 Å². The van der Waals surface area contributed by atoms with Gasteiger partial charge in [0.05, 0.1) is 12.2 Å². The van der Waals surface area contributed by atoms with E-state index in [4.69, 9.17) is 9.31 Å². The molecule has 2 aliphatic heterocycles. The van der Waals surface area contributed by atoms with Crippen molar-refractivity contribution in [3.05, 3.63) is 60.2 Å². The van der Waals surface area contributed by atoms with Crippen LogP contribution in [0, 0.1) is 5.92 Å². The van der Waals surface area contributed by atoms with Gasteiger partial charge >= 0.3 is 19.1 Å². The summed E-state index contributed by atoms with van der Waals surface area (Å²) in [7, 11) is 0.557. The van der Waals surface area contributed by atoms with E-state index < -0.39 is 48.9 Å². The van der Waals surface area contributed by atoms with E-state index >= 15 is 0 Å². The summed E-state index contributed by atoms with van der Waals surface area (Å²) in [5, 5.41) is 2.81. The summed E-state index contributed by atoms with van der Waals surface area (Å²) in [6.45, 7) is 3.98. The van der Waals surface area contributed by atoms with Crippen LogP contribution in [-0.4, -0.2) is 70.8 Å². The second-order valence-electron chi connectivity index (χ2n) is 10.7. The number of amides is 1. The molecule has 0 aliphatic carbocycles. The average molecular weight is 534 g/mol. The third-order valence-electron chi connectivity index (χ3n) is 7.34. The Morgan fingerprint density at radius 1 is 1.08 bits per heavy atom. The molecular formula is C28H35BN4O6. The second kappa shape index (κ2) is 13.0. The lowest BCUT2D eigenvalue weighted by Gasteiger charge is -2.40. The molecule has 0 unspecified atom stereocenters. The van der Waals surface area contributed by atoms with Crippen LogP contribution < -0.4 is 5.32 Å². The zero-order chi connectivity index (χ0) is 27.9. The molecule has 10 nitrogen and oxygen atoms in total. The van der Waals surface area contributed by atoms with E-state index in [0.29, 0.717) is 19.3 Å². The van der Waals surface area contributed by atoms with Gasteiger partial charge in [-0.2, -0.15) is 0 Å². The summed E-state index contributed by atoms with van der Waals surface area (Å²) in [6.07, 6.45) is 6.84. The molecule has 0 saturated carbocycles. The maximum atomic E-state index is 13.8. The minimum atomic E-state index is -1.18. The van der Waals surface area contributed by atoms with Gasteiger partial charge in [-0.15, -0.1) is 0 Å². The van der Waals surface area contributed by atoms with Crippen molar-refractivity contribution in [1.29, 1.82) is 0 Å². The third-order valence-corrected chi connectivity index (χ3v) is 7.34. The van der Waals surface area contributed by atoms with E-state index in [1.807, 2.05) is 44.2 Å². The van der Waals surface area contributed by atoms with Crippen LogP contribution in [0.4, 0.5) is 0 Å². The number of Topliss-reactive ketones (excluding diaryl/α,β-unsaturated/α-hetero) is 1. The standard InChI is InChI=1S/C28H35BN4O6/c1-18(2)14-20(29-38-27(36)23-10-7-11-24(33(23)3)28(37)39-29)16-25(34)21(15-19-8-5-4-6-9-19)32-26(35)22-17-30-12-13-31-22/h4-6,8-9,12-13,17-18,20-21,23-24H,7,10-11,14-16H2,1-3H3,(H,32,35)/t20-,21+,23-,24+/m1/s1. The van der Waals surface area contributed by atoms with E-state index in [2.05, 4.69) is 15.3 Å². The molecule has 206 valence electrons. The quantitative estimate of drug-likeness (QED) is 0.458. The molecule has 39 heavy (non-hydrogen) atoms. The molecule has 2 aromatic rings. The Morgan fingerprint density at radius 2 is 1.74 bits per heavy atom. The molecule has 1 aromatic heterocycles. The highest BCUT2D eigenvalue weighted by molar-refractivity contribution is 6.51. The summed E-state index contributed by atoms with van der Waals surface area (Å²) in [5.74, 6) is -2.10. The topological polar surface area (TPSA) is 128 Å². The molecule has 1 N–H and O–H groups in total. The Kier molecular flexibility index (Phi) is 9.45. The number of aromatic nitrogens is 2. The number of benzene rings is 1. The Hall–Kier alpha value is -3.60. The number of ketones is 1. The molecule has 0 radical (unpaired) electrons. The summed E-state index contributed by atoms with van der Waals surface area (Å²) in [6, 6.07) is 7.46. The molecule has 2 fully saturated rings. The molecule has 2 aliphatic rings. The van der Waals surface area contributed by atoms with Crippen LogP contribution in [-0.2, 0) is 30.1 Å². The fourth-order valence-corrected chi connectivity index (χ4v) is 5.34. The highest BCUT2D eigenvalue weighted by Crippen LogP contribution is 2.32. The number of likely N-dealkylation sites (N-methyl/N-ethyl adjacent to an activating group) is 1.